The maximum Gasteiger partial charge on any atom is 0.251 e. The maximum absolute atomic E-state index is 15.0. The molecule has 3 heterocycles. The van der Waals surface area contributed by atoms with E-state index in [-0.39, 0.29) is 72.7 Å². The summed E-state index contributed by atoms with van der Waals surface area (Å²) in [6.45, 7) is 8.38. The predicted molar refractivity (Wildman–Crippen MR) is 397 cm³/mol. The fourth-order valence-electron chi connectivity index (χ4n) is 12.9. The summed E-state index contributed by atoms with van der Waals surface area (Å²) in [7, 11) is -1.66. The summed E-state index contributed by atoms with van der Waals surface area (Å²) in [5, 5.41) is 16.1. The molecule has 0 aliphatic carbocycles. The average Bonchev–Trinajstić information content (AvgIpc) is 0.761. The van der Waals surface area contributed by atoms with E-state index in [9.17, 15) is 9.90 Å². The molecule has 546 valence electrons. The summed E-state index contributed by atoms with van der Waals surface area (Å²) in [6.07, 6.45) is -15.8. The first-order chi connectivity index (χ1) is 51.0. The Hall–Kier alpha value is -7.93. The molecular weight excluding hydrogens is 1330 g/mol. The molecule has 0 saturated carbocycles. The lowest BCUT2D eigenvalue weighted by molar-refractivity contribution is -0.389. The topological polar surface area (TPSA) is 179 Å². The third-order valence-corrected chi connectivity index (χ3v) is 20.2. The van der Waals surface area contributed by atoms with Gasteiger partial charge in [0.15, 0.2) is 18.9 Å². The van der Waals surface area contributed by atoms with Crippen LogP contribution in [0.5, 0.6) is 0 Å². The van der Waals surface area contributed by atoms with Crippen LogP contribution in [-0.2, 0) is 119 Å². The summed E-state index contributed by atoms with van der Waals surface area (Å²) in [6, 6.07) is 87.4. The molecule has 1 amide bonds. The van der Waals surface area contributed by atoms with Crippen molar-refractivity contribution < 1.29 is 76.2 Å². The van der Waals surface area contributed by atoms with Crippen LogP contribution < -0.4 is 5.32 Å². The van der Waals surface area contributed by atoms with Crippen LogP contribution in [0.3, 0.4) is 0 Å². The van der Waals surface area contributed by atoms with Gasteiger partial charge in [0.25, 0.3) is 5.91 Å². The highest BCUT2D eigenvalue weighted by molar-refractivity contribution is 6.76. The zero-order chi connectivity index (χ0) is 71.6. The van der Waals surface area contributed by atoms with Crippen LogP contribution >= 0.6 is 0 Å². The molecule has 9 aromatic rings. The molecule has 3 saturated heterocycles. The molecule has 104 heavy (non-hydrogen) atoms. The number of rotatable bonds is 37. The minimum absolute atomic E-state index is 0.0117. The van der Waals surface area contributed by atoms with E-state index in [1.807, 2.05) is 249 Å². The summed E-state index contributed by atoms with van der Waals surface area (Å²) >= 11 is 0. The van der Waals surface area contributed by atoms with Crippen LogP contribution in [0.4, 0.5) is 0 Å². The Labute approximate surface area is 612 Å². The van der Waals surface area contributed by atoms with Gasteiger partial charge in [0.05, 0.1) is 72.7 Å². The van der Waals surface area contributed by atoms with E-state index < -0.39 is 106 Å². The van der Waals surface area contributed by atoms with Gasteiger partial charge in [-0.25, -0.2) is 0 Å². The monoisotopic (exact) mass is 1430 g/mol. The molecule has 0 unspecified atom stereocenters. The number of benzene rings is 9. The van der Waals surface area contributed by atoms with Crippen molar-refractivity contribution in [2.45, 2.75) is 171 Å². The first kappa shape index (κ1) is 75.7. The third-order valence-electron chi connectivity index (χ3n) is 18.5. The van der Waals surface area contributed by atoms with Crippen molar-refractivity contribution in [1.82, 2.24) is 5.32 Å². The van der Waals surface area contributed by atoms with E-state index in [2.05, 4.69) is 25.0 Å². The Kier molecular flexibility index (Phi) is 28.7. The number of hydrogen-bond acceptors (Lipinski definition) is 16. The van der Waals surface area contributed by atoms with Gasteiger partial charge in [-0.2, -0.15) is 0 Å². The number of nitrogens with one attached hydrogen (secondary N) is 1. The maximum atomic E-state index is 15.0. The van der Waals surface area contributed by atoms with Gasteiger partial charge < -0.3 is 76.7 Å². The number of aliphatic hydroxyl groups excluding tert-OH is 1. The molecule has 15 atom stereocenters. The van der Waals surface area contributed by atoms with Crippen LogP contribution in [0.15, 0.2) is 273 Å². The first-order valence-electron chi connectivity index (χ1n) is 36.1. The molecule has 2 N–H and O–H groups in total. The highest BCUT2D eigenvalue weighted by Gasteiger charge is 2.57. The normalized spacial score (nSPS) is 24.9. The van der Waals surface area contributed by atoms with Crippen molar-refractivity contribution in [2.75, 3.05) is 26.4 Å². The second-order valence-corrected chi connectivity index (χ2v) is 33.3. The van der Waals surface area contributed by atoms with Gasteiger partial charge >= 0.3 is 0 Å². The second-order valence-electron chi connectivity index (χ2n) is 27.7. The van der Waals surface area contributed by atoms with E-state index in [1.54, 1.807) is 24.3 Å². The van der Waals surface area contributed by atoms with Crippen molar-refractivity contribution in [3.8, 4) is 0 Å². The molecule has 17 nitrogen and oxygen atoms in total. The minimum atomic E-state index is -1.66. The van der Waals surface area contributed by atoms with Gasteiger partial charge in [0.2, 0.25) is 0 Å². The molecule has 3 fully saturated rings. The number of carbonyl (C=O) groups is 1. The van der Waals surface area contributed by atoms with Gasteiger partial charge in [-0.1, -0.05) is 280 Å². The Bertz CT molecular complexity index is 3860. The van der Waals surface area contributed by atoms with E-state index >= 15 is 0 Å². The van der Waals surface area contributed by atoms with Gasteiger partial charge in [0, 0.05) is 20.2 Å². The molecule has 0 radical (unpaired) electrons. The lowest BCUT2D eigenvalue weighted by Crippen LogP contribution is -2.69. The highest BCUT2D eigenvalue weighted by atomic mass is 28.3. The molecule has 0 aromatic heterocycles. The summed E-state index contributed by atoms with van der Waals surface area (Å²) in [4.78, 5) is 15.0. The Balaban J connectivity index is 1.00. The number of ether oxygens (including phenoxy) is 14. The highest BCUT2D eigenvalue weighted by Crippen LogP contribution is 2.39. The molecule has 3 aliphatic rings. The largest absolute Gasteiger partial charge is 0.388 e. The van der Waals surface area contributed by atoms with Gasteiger partial charge in [-0.05, 0) is 62.7 Å². The van der Waals surface area contributed by atoms with Crippen LogP contribution in [0.25, 0.3) is 0 Å². The SMILES string of the molecule is C[Si](C)(C)CCO[C@@H]1O[C@H](COCc2ccccc2)[C@@H](O[C@@H]2O[C@H](COCc3ccccc3)[C@H](OCc3ccccc3)[C@H](O[C@@H]3O[C@H](COCc4ccccc4)[C@@H](O)[C@H](OCc4ccccc4)[C@H]3NC(=O)c3ccccc3)[C@H]2OCc2ccccc2)[C@H](OCc2ccccc2)[C@H]1OCc1ccccc1. The number of aliphatic hydroxyl groups is 1. The molecule has 12 rings (SSSR count). The quantitative estimate of drug-likeness (QED) is 0.0351. The van der Waals surface area contributed by atoms with Crippen molar-refractivity contribution in [3.05, 3.63) is 323 Å². The van der Waals surface area contributed by atoms with Crippen LogP contribution in [-0.4, -0.2) is 138 Å². The Morgan fingerprint density at radius 2 is 0.644 bits per heavy atom. The fourth-order valence-corrected chi connectivity index (χ4v) is 13.6. The van der Waals surface area contributed by atoms with Crippen molar-refractivity contribution >= 4 is 14.0 Å². The van der Waals surface area contributed by atoms with Gasteiger partial charge in [0.1, 0.15) is 73.2 Å². The Morgan fingerprint density at radius 3 is 1.05 bits per heavy atom. The Morgan fingerprint density at radius 1 is 0.337 bits per heavy atom. The van der Waals surface area contributed by atoms with E-state index in [1.165, 1.54) is 0 Å². The zero-order valence-corrected chi connectivity index (χ0v) is 60.4. The number of amides is 1. The lowest BCUT2D eigenvalue weighted by Gasteiger charge is -2.52. The molecular formula is C86H97NO16Si. The summed E-state index contributed by atoms with van der Waals surface area (Å²) < 4.78 is 101. The molecule has 9 aromatic carbocycles. The van der Waals surface area contributed by atoms with Gasteiger partial charge in [-0.15, -0.1) is 0 Å². The molecule has 18 heteroatoms. The molecule has 0 spiro atoms. The minimum Gasteiger partial charge on any atom is -0.388 e. The van der Waals surface area contributed by atoms with Crippen molar-refractivity contribution in [3.63, 3.8) is 0 Å². The zero-order valence-electron chi connectivity index (χ0n) is 59.4. The first-order valence-corrected chi connectivity index (χ1v) is 39.8. The van der Waals surface area contributed by atoms with Crippen molar-refractivity contribution in [1.29, 1.82) is 0 Å². The smallest absolute Gasteiger partial charge is 0.251 e. The summed E-state index contributed by atoms with van der Waals surface area (Å²) in [5.41, 5.74) is 7.54. The summed E-state index contributed by atoms with van der Waals surface area (Å²) in [5.74, 6) is -0.465. The third kappa shape index (κ3) is 22.6. The van der Waals surface area contributed by atoms with Crippen molar-refractivity contribution in [2.24, 2.45) is 0 Å². The van der Waals surface area contributed by atoms with E-state index in [0.29, 0.717) is 12.2 Å². The lowest BCUT2D eigenvalue weighted by atomic mass is 9.94. The van der Waals surface area contributed by atoms with Crippen LogP contribution in [0, 0.1) is 0 Å². The molecule has 3 aliphatic heterocycles. The van der Waals surface area contributed by atoms with Crippen LogP contribution in [0.2, 0.25) is 25.7 Å². The standard InChI is InChI=1S/C86H97NO16Si/c1-104(2,3)50-49-93-85-81(97-57-68-43-25-10-26-44-68)79(96-56-67-41-23-9-24-42-67)77(73(100-85)61-92-53-64-35-17-6-18-36-64)102-86-82(98-58-69-45-27-11-28-46-69)80(76(94-54-65-37-19-7-20-38-65)72(101-86)60-91-52-63-33-15-5-16-34-63)103-84-74(87-83(89)70-47-29-12-30-48-70)78(95-55-66-39-21-8-22-40-66)75(88)71(99-84)59-90-51-62-31-13-4-14-32-62/h4-48,71-82,84-86,88H,49-61H2,1-3H3,(H,87,89)/t71-,72-,73-,74-,75-,76+,77-,78-,79+,80+,81-,82-,84+,85-,86+/m1/s1. The van der Waals surface area contributed by atoms with E-state index in [4.69, 9.17) is 66.3 Å². The second kappa shape index (κ2) is 39.4. The molecule has 0 bridgehead atoms. The van der Waals surface area contributed by atoms with Gasteiger partial charge in [-0.3, -0.25) is 4.79 Å². The number of carbonyl (C=O) groups excluding carboxylic acids is 1. The van der Waals surface area contributed by atoms with Crippen LogP contribution in [0.1, 0.15) is 54.9 Å². The average molecular weight is 1430 g/mol. The fraction of sp³-hybridized carbons (Fsp3) is 0.360. The predicted octanol–water partition coefficient (Wildman–Crippen LogP) is 14.0. The van der Waals surface area contributed by atoms with E-state index in [0.717, 1.165) is 50.6 Å². The number of hydrogen-bond donors (Lipinski definition) is 2.